The van der Waals surface area contributed by atoms with Gasteiger partial charge in [-0.15, -0.1) is 13.2 Å². The van der Waals surface area contributed by atoms with Crippen LogP contribution in [0.4, 0.5) is 22.8 Å². The van der Waals surface area contributed by atoms with E-state index in [1.807, 2.05) is 0 Å². The minimum atomic E-state index is -4.79. The third-order valence-corrected chi connectivity index (χ3v) is 2.82. The number of nitrogens with zero attached hydrogens (tertiary/aromatic N) is 1. The summed E-state index contributed by atoms with van der Waals surface area (Å²) in [4.78, 5) is 28.1. The summed E-state index contributed by atoms with van der Waals surface area (Å²) in [7, 11) is 0. The maximum absolute atomic E-state index is 12.2. The Hall–Kier alpha value is -2.98. The van der Waals surface area contributed by atoms with Crippen LogP contribution in [-0.2, 0) is 16.0 Å². The number of guanidine groups is 1. The fourth-order valence-electron chi connectivity index (χ4n) is 1.88. The SMILES string of the molecule is CC(C)(C)OC(=O)NC(=NCc1ccc(OC(F)(F)F)cc1)NC(=O)OC(C)(C)C. The van der Waals surface area contributed by atoms with Crippen molar-refractivity contribution in [1.29, 1.82) is 0 Å². The predicted molar refractivity (Wildman–Crippen MR) is 103 cm³/mol. The Labute approximate surface area is 172 Å². The van der Waals surface area contributed by atoms with Crippen molar-refractivity contribution >= 4 is 18.1 Å². The van der Waals surface area contributed by atoms with E-state index in [1.54, 1.807) is 41.5 Å². The highest BCUT2D eigenvalue weighted by molar-refractivity contribution is 6.01. The van der Waals surface area contributed by atoms with Crippen molar-refractivity contribution in [3.63, 3.8) is 0 Å². The lowest BCUT2D eigenvalue weighted by Crippen LogP contribution is -2.47. The standard InChI is InChI=1S/C19H26F3N3O5/c1-17(2,3)29-15(26)24-14(25-16(27)30-18(4,5)6)23-11-12-7-9-13(10-8-12)28-19(20,21)22/h7-10H,11H2,1-6H3,(H2,23,24,25,26,27). The predicted octanol–water partition coefficient (Wildman–Crippen LogP) is 4.49. The smallest absolute Gasteiger partial charge is 0.444 e. The molecule has 0 atom stereocenters. The van der Waals surface area contributed by atoms with Crippen molar-refractivity contribution in [2.45, 2.75) is 65.7 Å². The Balaban J connectivity index is 2.90. The molecule has 0 bridgehead atoms. The van der Waals surface area contributed by atoms with E-state index in [4.69, 9.17) is 9.47 Å². The van der Waals surface area contributed by atoms with Gasteiger partial charge in [0.15, 0.2) is 0 Å². The third kappa shape index (κ3) is 11.8. The average molecular weight is 433 g/mol. The number of alkyl carbamates (subject to hydrolysis) is 2. The van der Waals surface area contributed by atoms with E-state index >= 15 is 0 Å². The number of halogens is 3. The van der Waals surface area contributed by atoms with Crippen molar-refractivity contribution in [3.8, 4) is 5.75 Å². The molecule has 1 aromatic carbocycles. The molecule has 0 aliphatic rings. The van der Waals surface area contributed by atoms with E-state index in [0.29, 0.717) is 5.56 Å². The van der Waals surface area contributed by atoms with Crippen molar-refractivity contribution in [2.75, 3.05) is 0 Å². The van der Waals surface area contributed by atoms with Gasteiger partial charge in [-0.3, -0.25) is 10.6 Å². The second-order valence-corrected chi connectivity index (χ2v) is 8.11. The lowest BCUT2D eigenvalue weighted by Gasteiger charge is -2.22. The summed E-state index contributed by atoms with van der Waals surface area (Å²) >= 11 is 0. The highest BCUT2D eigenvalue weighted by atomic mass is 19.4. The van der Waals surface area contributed by atoms with E-state index in [9.17, 15) is 22.8 Å². The zero-order valence-corrected chi connectivity index (χ0v) is 17.6. The first-order valence-electron chi connectivity index (χ1n) is 8.91. The maximum Gasteiger partial charge on any atom is 0.573 e. The minimum absolute atomic E-state index is 0.0623. The summed E-state index contributed by atoms with van der Waals surface area (Å²) in [5, 5.41) is 4.61. The van der Waals surface area contributed by atoms with Gasteiger partial charge in [0.2, 0.25) is 5.96 Å². The fraction of sp³-hybridized carbons (Fsp3) is 0.526. The molecule has 0 spiro atoms. The summed E-state index contributed by atoms with van der Waals surface area (Å²) in [6, 6.07) is 4.98. The van der Waals surface area contributed by atoms with Gasteiger partial charge in [-0.2, -0.15) is 0 Å². The molecule has 1 rings (SSSR count). The molecular formula is C19H26F3N3O5. The Morgan fingerprint density at radius 3 is 1.67 bits per heavy atom. The van der Waals surface area contributed by atoms with Gasteiger partial charge >= 0.3 is 18.5 Å². The van der Waals surface area contributed by atoms with Crippen LogP contribution < -0.4 is 15.4 Å². The number of amides is 2. The van der Waals surface area contributed by atoms with E-state index in [-0.39, 0.29) is 18.3 Å². The molecule has 0 aromatic heterocycles. The molecule has 168 valence electrons. The van der Waals surface area contributed by atoms with Crippen molar-refractivity contribution in [2.24, 2.45) is 4.99 Å². The van der Waals surface area contributed by atoms with Gasteiger partial charge in [-0.25, -0.2) is 14.6 Å². The minimum Gasteiger partial charge on any atom is -0.444 e. The molecule has 0 aliphatic heterocycles. The van der Waals surface area contributed by atoms with Crippen LogP contribution >= 0.6 is 0 Å². The van der Waals surface area contributed by atoms with E-state index < -0.39 is 29.8 Å². The molecule has 0 aliphatic carbocycles. The van der Waals surface area contributed by atoms with Crippen LogP contribution in [0.1, 0.15) is 47.1 Å². The Bertz CT molecular complexity index is 732. The summed E-state index contributed by atoms with van der Waals surface area (Å²) in [5.74, 6) is -0.622. The summed E-state index contributed by atoms with van der Waals surface area (Å²) in [5.41, 5.74) is -1.07. The molecule has 30 heavy (non-hydrogen) atoms. The number of hydrogen-bond donors (Lipinski definition) is 2. The van der Waals surface area contributed by atoms with Crippen LogP contribution in [0, 0.1) is 0 Å². The van der Waals surface area contributed by atoms with Gasteiger partial charge in [0, 0.05) is 0 Å². The fourth-order valence-corrected chi connectivity index (χ4v) is 1.88. The molecule has 1 aromatic rings. The lowest BCUT2D eigenvalue weighted by atomic mass is 10.2. The van der Waals surface area contributed by atoms with Crippen LogP contribution in [0.3, 0.4) is 0 Å². The van der Waals surface area contributed by atoms with Crippen LogP contribution in [0.15, 0.2) is 29.3 Å². The van der Waals surface area contributed by atoms with Gasteiger partial charge in [-0.1, -0.05) is 12.1 Å². The van der Waals surface area contributed by atoms with Crippen molar-refractivity contribution < 1.29 is 37.0 Å². The van der Waals surface area contributed by atoms with Gasteiger partial charge in [0.05, 0.1) is 6.54 Å². The van der Waals surface area contributed by atoms with Crippen molar-refractivity contribution in [3.05, 3.63) is 29.8 Å². The molecule has 2 amide bonds. The molecule has 0 radical (unpaired) electrons. The first-order chi connectivity index (χ1) is 13.5. The van der Waals surface area contributed by atoms with E-state index in [1.165, 1.54) is 12.1 Å². The number of alkyl halides is 3. The molecule has 0 unspecified atom stereocenters. The zero-order valence-electron chi connectivity index (χ0n) is 17.6. The lowest BCUT2D eigenvalue weighted by molar-refractivity contribution is -0.274. The number of rotatable bonds is 3. The quantitative estimate of drug-likeness (QED) is 0.541. The van der Waals surface area contributed by atoms with Gasteiger partial charge < -0.3 is 14.2 Å². The molecule has 8 nitrogen and oxygen atoms in total. The highest BCUT2D eigenvalue weighted by Crippen LogP contribution is 2.22. The van der Waals surface area contributed by atoms with Crippen LogP contribution in [-0.4, -0.2) is 35.7 Å². The zero-order chi connectivity index (χ0) is 23.2. The number of hydrogen-bond acceptors (Lipinski definition) is 6. The number of carbonyl (C=O) groups is 2. The second kappa shape index (κ2) is 9.68. The Morgan fingerprint density at radius 1 is 0.867 bits per heavy atom. The van der Waals surface area contributed by atoms with Gasteiger partial charge in [-0.05, 0) is 59.2 Å². The van der Waals surface area contributed by atoms with E-state index in [2.05, 4.69) is 20.4 Å². The topological polar surface area (TPSA) is 98.3 Å². The monoisotopic (exact) mass is 433 g/mol. The average Bonchev–Trinajstić information content (AvgIpc) is 2.48. The number of aliphatic imine (C=N–C) groups is 1. The first-order valence-corrected chi connectivity index (χ1v) is 8.91. The first kappa shape index (κ1) is 25.1. The molecule has 0 saturated carbocycles. The van der Waals surface area contributed by atoms with Crippen LogP contribution in [0.5, 0.6) is 5.75 Å². The third-order valence-electron chi connectivity index (χ3n) is 2.82. The molecule has 2 N–H and O–H groups in total. The molecular weight excluding hydrogens is 407 g/mol. The summed E-state index contributed by atoms with van der Waals surface area (Å²) in [6.45, 7) is 9.91. The summed E-state index contributed by atoms with van der Waals surface area (Å²) < 4.78 is 50.7. The number of carbonyl (C=O) groups excluding carboxylic acids is 2. The van der Waals surface area contributed by atoms with Gasteiger partial charge in [0.1, 0.15) is 17.0 Å². The Morgan fingerprint density at radius 2 is 1.30 bits per heavy atom. The molecule has 0 heterocycles. The maximum atomic E-state index is 12.2. The van der Waals surface area contributed by atoms with E-state index in [0.717, 1.165) is 12.1 Å². The van der Waals surface area contributed by atoms with Crippen LogP contribution in [0.25, 0.3) is 0 Å². The van der Waals surface area contributed by atoms with Crippen molar-refractivity contribution in [1.82, 2.24) is 10.6 Å². The largest absolute Gasteiger partial charge is 0.573 e. The van der Waals surface area contributed by atoms with Crippen LogP contribution in [0.2, 0.25) is 0 Å². The number of benzene rings is 1. The molecule has 0 saturated heterocycles. The molecule has 0 fully saturated rings. The highest BCUT2D eigenvalue weighted by Gasteiger charge is 2.31. The Kier molecular flexibility index (Phi) is 8.09. The normalized spacial score (nSPS) is 11.9. The number of ether oxygens (including phenoxy) is 3. The second-order valence-electron chi connectivity index (χ2n) is 8.11. The van der Waals surface area contributed by atoms with Gasteiger partial charge in [0.25, 0.3) is 0 Å². The molecule has 11 heteroatoms. The number of nitrogens with one attached hydrogen (secondary N) is 2. The summed E-state index contributed by atoms with van der Waals surface area (Å²) in [6.07, 6.45) is -6.50.